The number of nitrogens with zero attached hydrogens (tertiary/aromatic N) is 5. The number of halogens is 2. The number of anilines is 1. The summed E-state index contributed by atoms with van der Waals surface area (Å²) >= 11 is 11.6. The van der Waals surface area contributed by atoms with Crippen molar-refractivity contribution in [2.75, 3.05) is 11.3 Å². The van der Waals surface area contributed by atoms with Crippen molar-refractivity contribution < 1.29 is 4.92 Å². The number of nitrogen functional groups attached to an aromatic ring is 1. The van der Waals surface area contributed by atoms with Crippen molar-refractivity contribution in [2.45, 2.75) is 0 Å². The molecule has 3 N–H and O–H groups in total. The first kappa shape index (κ1) is 14.0. The van der Waals surface area contributed by atoms with E-state index in [2.05, 4.69) is 20.7 Å². The van der Waals surface area contributed by atoms with Crippen LogP contribution in [-0.2, 0) is 0 Å². The van der Waals surface area contributed by atoms with Gasteiger partial charge in [0.1, 0.15) is 11.3 Å². The van der Waals surface area contributed by atoms with Gasteiger partial charge in [-0.15, -0.1) is 10.2 Å². The summed E-state index contributed by atoms with van der Waals surface area (Å²) in [6.07, 6.45) is 2.55. The van der Waals surface area contributed by atoms with Crippen LogP contribution in [0.25, 0.3) is 0 Å². The molecule has 0 amide bonds. The molecule has 1 heterocycles. The fraction of sp³-hybridized carbons (Fsp3) is 0. The molecule has 104 valence electrons. The number of rotatable bonds is 4. The number of nitrogens with one attached hydrogen (secondary N) is 1. The van der Waals surface area contributed by atoms with Crippen LogP contribution in [0.15, 0.2) is 23.6 Å². The van der Waals surface area contributed by atoms with Crippen molar-refractivity contribution in [3.8, 4) is 0 Å². The highest BCUT2D eigenvalue weighted by Gasteiger charge is 2.15. The third-order valence-corrected chi connectivity index (χ3v) is 2.83. The Bertz CT molecular complexity index is 685. The van der Waals surface area contributed by atoms with Gasteiger partial charge in [0.25, 0.3) is 11.6 Å². The summed E-state index contributed by atoms with van der Waals surface area (Å²) in [6.45, 7) is 0. The van der Waals surface area contributed by atoms with Crippen LogP contribution >= 0.6 is 23.2 Å². The van der Waals surface area contributed by atoms with Crippen molar-refractivity contribution in [3.05, 3.63) is 44.2 Å². The predicted molar refractivity (Wildman–Crippen MR) is 74.5 cm³/mol. The van der Waals surface area contributed by atoms with Gasteiger partial charge in [-0.3, -0.25) is 10.1 Å². The number of nitro benzene ring substituents is 1. The molecule has 0 bridgehead atoms. The van der Waals surface area contributed by atoms with Crippen molar-refractivity contribution in [3.63, 3.8) is 0 Å². The lowest BCUT2D eigenvalue weighted by Crippen LogP contribution is -2.10. The van der Waals surface area contributed by atoms with E-state index in [-0.39, 0.29) is 21.7 Å². The topological polar surface area (TPSA) is 124 Å². The molecule has 0 fully saturated rings. The quantitative estimate of drug-likeness (QED) is 0.382. The van der Waals surface area contributed by atoms with E-state index in [9.17, 15) is 10.1 Å². The average molecular weight is 316 g/mol. The number of hydrazone groups is 1. The van der Waals surface area contributed by atoms with Crippen LogP contribution in [0, 0.1) is 10.1 Å². The molecule has 1 aromatic carbocycles. The van der Waals surface area contributed by atoms with Crippen LogP contribution in [0.5, 0.6) is 0 Å². The van der Waals surface area contributed by atoms with Gasteiger partial charge in [-0.2, -0.15) is 5.10 Å². The number of benzene rings is 1. The highest BCUT2D eigenvalue weighted by molar-refractivity contribution is 6.37. The molecule has 1 aromatic heterocycles. The highest BCUT2D eigenvalue weighted by atomic mass is 35.5. The first-order chi connectivity index (χ1) is 9.49. The number of hydrogen-bond donors (Lipinski definition) is 2. The summed E-state index contributed by atoms with van der Waals surface area (Å²) < 4.78 is 1.11. The lowest BCUT2D eigenvalue weighted by molar-refractivity contribution is -0.384. The zero-order valence-corrected chi connectivity index (χ0v) is 11.2. The molecule has 0 radical (unpaired) electrons. The molecule has 0 saturated carbocycles. The smallest absolute Gasteiger partial charge is 0.288 e. The third-order valence-electron chi connectivity index (χ3n) is 2.20. The molecule has 11 heteroatoms. The van der Waals surface area contributed by atoms with Crippen LogP contribution in [0.1, 0.15) is 5.56 Å². The molecule has 0 unspecified atom stereocenters. The Morgan fingerprint density at radius 1 is 1.45 bits per heavy atom. The second-order valence-corrected chi connectivity index (χ2v) is 4.33. The minimum atomic E-state index is -0.611. The molecule has 0 aliphatic carbocycles. The molecule has 2 rings (SSSR count). The minimum absolute atomic E-state index is 0.0492. The van der Waals surface area contributed by atoms with Crippen molar-refractivity contribution in [2.24, 2.45) is 5.10 Å². The maximum atomic E-state index is 10.8. The van der Waals surface area contributed by atoms with E-state index in [1.54, 1.807) is 0 Å². The van der Waals surface area contributed by atoms with E-state index in [0.717, 1.165) is 4.68 Å². The van der Waals surface area contributed by atoms with Gasteiger partial charge < -0.3 is 5.84 Å². The molecule has 20 heavy (non-hydrogen) atoms. The summed E-state index contributed by atoms with van der Waals surface area (Å²) in [5, 5.41) is 21.9. The second kappa shape index (κ2) is 5.72. The zero-order chi connectivity index (χ0) is 14.7. The molecule has 0 saturated heterocycles. The minimum Gasteiger partial charge on any atom is -0.335 e. The largest absolute Gasteiger partial charge is 0.335 e. The molecule has 0 atom stereocenters. The van der Waals surface area contributed by atoms with Gasteiger partial charge in [0.05, 0.1) is 16.2 Å². The molecule has 2 aromatic rings. The molecule has 0 aliphatic heterocycles. The van der Waals surface area contributed by atoms with Gasteiger partial charge in [0.2, 0.25) is 0 Å². The van der Waals surface area contributed by atoms with Crippen LogP contribution in [0.4, 0.5) is 11.6 Å². The van der Waals surface area contributed by atoms with E-state index < -0.39 is 4.92 Å². The van der Waals surface area contributed by atoms with E-state index in [0.29, 0.717) is 5.56 Å². The van der Waals surface area contributed by atoms with E-state index in [4.69, 9.17) is 29.0 Å². The molecular formula is C9H7Cl2N7O2. The summed E-state index contributed by atoms with van der Waals surface area (Å²) in [5.41, 5.74) is 2.56. The Balaban J connectivity index is 2.23. The van der Waals surface area contributed by atoms with Crippen LogP contribution in [0.3, 0.4) is 0 Å². The standard InChI is InChI=1S/C9H7Cl2N7O2/c10-6-2-7(11)8(18(19)20)1-5(6)3-13-15-9-16-14-4-17(9)12/h1-4H,12H2,(H,15,16). The lowest BCUT2D eigenvalue weighted by atomic mass is 10.2. The Morgan fingerprint density at radius 3 is 2.80 bits per heavy atom. The maximum absolute atomic E-state index is 10.8. The normalized spacial score (nSPS) is 10.9. The Labute approximate surface area is 122 Å². The van der Waals surface area contributed by atoms with E-state index in [1.165, 1.54) is 24.7 Å². The third kappa shape index (κ3) is 2.95. The van der Waals surface area contributed by atoms with Gasteiger partial charge >= 0.3 is 0 Å². The average Bonchev–Trinajstić information content (AvgIpc) is 2.77. The molecular weight excluding hydrogens is 309 g/mol. The second-order valence-electron chi connectivity index (χ2n) is 3.51. The fourth-order valence-corrected chi connectivity index (χ4v) is 1.78. The van der Waals surface area contributed by atoms with Gasteiger partial charge in [0, 0.05) is 11.6 Å². The predicted octanol–water partition coefficient (Wildman–Crippen LogP) is 1.65. The SMILES string of the molecule is Nn1cnnc1NN=Cc1cc([N+](=O)[O-])c(Cl)cc1Cl. The fourth-order valence-electron chi connectivity index (χ4n) is 1.27. The molecule has 0 aliphatic rings. The highest BCUT2D eigenvalue weighted by Crippen LogP contribution is 2.29. The first-order valence-electron chi connectivity index (χ1n) is 5.06. The lowest BCUT2D eigenvalue weighted by Gasteiger charge is -2.01. The van der Waals surface area contributed by atoms with Crippen molar-refractivity contribution >= 4 is 41.1 Å². The van der Waals surface area contributed by atoms with Crippen LogP contribution in [0.2, 0.25) is 10.0 Å². The van der Waals surface area contributed by atoms with Crippen LogP contribution < -0.4 is 11.3 Å². The van der Waals surface area contributed by atoms with Gasteiger partial charge in [0.15, 0.2) is 0 Å². The number of hydrogen-bond acceptors (Lipinski definition) is 7. The van der Waals surface area contributed by atoms with Crippen molar-refractivity contribution in [1.29, 1.82) is 0 Å². The van der Waals surface area contributed by atoms with Gasteiger partial charge in [-0.1, -0.05) is 23.2 Å². The number of nitrogens with two attached hydrogens (primary N) is 1. The van der Waals surface area contributed by atoms with Gasteiger partial charge in [-0.05, 0) is 6.07 Å². The van der Waals surface area contributed by atoms with E-state index in [1.807, 2.05) is 0 Å². The summed E-state index contributed by atoms with van der Waals surface area (Å²) in [4.78, 5) is 10.2. The Hall–Kier alpha value is -2.39. The maximum Gasteiger partial charge on any atom is 0.288 e. The number of aromatic nitrogens is 3. The Kier molecular flexibility index (Phi) is 4.01. The summed E-state index contributed by atoms with van der Waals surface area (Å²) in [5.74, 6) is 5.65. The summed E-state index contributed by atoms with van der Waals surface area (Å²) in [7, 11) is 0. The summed E-state index contributed by atoms with van der Waals surface area (Å²) in [6, 6.07) is 2.48. The van der Waals surface area contributed by atoms with Crippen molar-refractivity contribution in [1.82, 2.24) is 14.9 Å². The number of nitro groups is 1. The zero-order valence-electron chi connectivity index (χ0n) is 9.70. The monoisotopic (exact) mass is 315 g/mol. The van der Waals surface area contributed by atoms with E-state index >= 15 is 0 Å². The van der Waals surface area contributed by atoms with Gasteiger partial charge in [-0.25, -0.2) is 10.1 Å². The molecule has 0 spiro atoms. The molecule has 9 nitrogen and oxygen atoms in total. The first-order valence-corrected chi connectivity index (χ1v) is 5.82. The Morgan fingerprint density at radius 2 is 2.20 bits per heavy atom. The van der Waals surface area contributed by atoms with Crippen LogP contribution in [-0.4, -0.2) is 26.0 Å².